The SMILES string of the molecule is C.CC(C)CCCCCCCNC(=O)OC[C@H](CC(C)C)C(C)C. The van der Waals surface area contributed by atoms with Crippen LogP contribution in [0.1, 0.15) is 93.9 Å². The van der Waals surface area contributed by atoms with Crippen LogP contribution in [-0.2, 0) is 4.74 Å². The van der Waals surface area contributed by atoms with Crippen LogP contribution in [0.5, 0.6) is 0 Å². The third-order valence-electron chi connectivity index (χ3n) is 4.37. The van der Waals surface area contributed by atoms with Crippen molar-refractivity contribution < 1.29 is 9.53 Å². The van der Waals surface area contributed by atoms with Crippen LogP contribution in [0.25, 0.3) is 0 Å². The number of ether oxygens (including phenoxy) is 1. The molecule has 1 amide bonds. The van der Waals surface area contributed by atoms with Crippen LogP contribution in [0, 0.1) is 23.7 Å². The van der Waals surface area contributed by atoms with E-state index in [-0.39, 0.29) is 13.5 Å². The second-order valence-corrected chi connectivity index (χ2v) is 8.11. The Morgan fingerprint density at radius 1 is 0.875 bits per heavy atom. The quantitative estimate of drug-likeness (QED) is 0.379. The highest BCUT2D eigenvalue weighted by atomic mass is 16.5. The molecule has 0 aliphatic heterocycles. The number of nitrogens with one attached hydrogen (secondary N) is 1. The lowest BCUT2D eigenvalue weighted by molar-refractivity contribution is 0.107. The van der Waals surface area contributed by atoms with E-state index in [1.165, 1.54) is 32.1 Å². The van der Waals surface area contributed by atoms with Gasteiger partial charge in [-0.05, 0) is 36.5 Å². The molecular weight excluding hydrogens is 298 g/mol. The molecular formula is C21H45NO2. The van der Waals surface area contributed by atoms with Gasteiger partial charge >= 0.3 is 6.09 Å². The maximum absolute atomic E-state index is 11.7. The molecule has 0 unspecified atom stereocenters. The van der Waals surface area contributed by atoms with Crippen molar-refractivity contribution in [1.82, 2.24) is 5.32 Å². The molecule has 0 fully saturated rings. The van der Waals surface area contributed by atoms with E-state index < -0.39 is 0 Å². The highest BCUT2D eigenvalue weighted by Gasteiger charge is 2.17. The lowest BCUT2D eigenvalue weighted by Crippen LogP contribution is -2.29. The van der Waals surface area contributed by atoms with Gasteiger partial charge in [0.25, 0.3) is 0 Å². The van der Waals surface area contributed by atoms with E-state index in [2.05, 4.69) is 46.9 Å². The molecule has 0 saturated carbocycles. The number of carbonyl (C=O) groups excluding carboxylic acids is 1. The molecule has 24 heavy (non-hydrogen) atoms. The maximum atomic E-state index is 11.7. The van der Waals surface area contributed by atoms with Crippen molar-refractivity contribution in [3.05, 3.63) is 0 Å². The summed E-state index contributed by atoms with van der Waals surface area (Å²) >= 11 is 0. The fourth-order valence-electron chi connectivity index (χ4n) is 2.77. The van der Waals surface area contributed by atoms with Gasteiger partial charge in [0.1, 0.15) is 0 Å². The summed E-state index contributed by atoms with van der Waals surface area (Å²) in [6.07, 6.45) is 8.36. The zero-order valence-corrected chi connectivity index (χ0v) is 16.5. The third-order valence-corrected chi connectivity index (χ3v) is 4.37. The third kappa shape index (κ3) is 16.1. The van der Waals surface area contributed by atoms with Gasteiger partial charge < -0.3 is 10.1 Å². The molecule has 0 aromatic rings. The van der Waals surface area contributed by atoms with Crippen LogP contribution >= 0.6 is 0 Å². The van der Waals surface area contributed by atoms with Gasteiger partial charge in [-0.2, -0.15) is 0 Å². The summed E-state index contributed by atoms with van der Waals surface area (Å²) in [6.45, 7) is 14.7. The van der Waals surface area contributed by atoms with E-state index in [0.717, 1.165) is 25.3 Å². The second kappa shape index (κ2) is 15.8. The lowest BCUT2D eigenvalue weighted by atomic mass is 9.88. The Bertz CT molecular complexity index is 288. The molecule has 0 rings (SSSR count). The van der Waals surface area contributed by atoms with Crippen LogP contribution in [0.15, 0.2) is 0 Å². The van der Waals surface area contributed by atoms with Crippen molar-refractivity contribution in [3.8, 4) is 0 Å². The highest BCUT2D eigenvalue weighted by Crippen LogP contribution is 2.20. The second-order valence-electron chi connectivity index (χ2n) is 8.11. The van der Waals surface area contributed by atoms with Crippen molar-refractivity contribution in [2.75, 3.05) is 13.2 Å². The molecule has 1 N–H and O–H groups in total. The number of hydrogen-bond donors (Lipinski definition) is 1. The first-order valence-corrected chi connectivity index (χ1v) is 9.73. The molecule has 3 heteroatoms. The van der Waals surface area contributed by atoms with Crippen LogP contribution in [0.4, 0.5) is 4.79 Å². The van der Waals surface area contributed by atoms with Crippen LogP contribution in [0.3, 0.4) is 0 Å². The standard InChI is InChI=1S/C20H41NO2.CH4/c1-16(2)12-10-8-7-9-11-13-21-20(22)23-15-19(18(5)6)14-17(3)4;/h16-19H,7-15H2,1-6H3,(H,21,22);1H4/t19-;/m0./s1. The molecule has 0 radical (unpaired) electrons. The van der Waals surface area contributed by atoms with E-state index in [9.17, 15) is 4.79 Å². The Morgan fingerprint density at radius 3 is 2.00 bits per heavy atom. The predicted molar refractivity (Wildman–Crippen MR) is 106 cm³/mol. The lowest BCUT2D eigenvalue weighted by Gasteiger charge is -2.22. The number of rotatable bonds is 13. The van der Waals surface area contributed by atoms with Gasteiger partial charge in [-0.15, -0.1) is 0 Å². The molecule has 0 aromatic carbocycles. The predicted octanol–water partition coefficient (Wildman–Crippen LogP) is 6.66. The van der Waals surface area contributed by atoms with Crippen LogP contribution < -0.4 is 5.32 Å². The summed E-state index contributed by atoms with van der Waals surface area (Å²) in [4.78, 5) is 11.7. The average molecular weight is 344 g/mol. The first-order valence-electron chi connectivity index (χ1n) is 9.73. The molecule has 0 bridgehead atoms. The van der Waals surface area contributed by atoms with Crippen molar-refractivity contribution in [3.63, 3.8) is 0 Å². The highest BCUT2D eigenvalue weighted by molar-refractivity contribution is 5.67. The fourth-order valence-corrected chi connectivity index (χ4v) is 2.77. The summed E-state index contributed by atoms with van der Waals surface area (Å²) in [5.74, 6) is 2.47. The van der Waals surface area contributed by atoms with Gasteiger partial charge in [-0.3, -0.25) is 0 Å². The minimum atomic E-state index is -0.251. The summed E-state index contributed by atoms with van der Waals surface area (Å²) in [5, 5.41) is 2.88. The van der Waals surface area contributed by atoms with Crippen molar-refractivity contribution in [2.24, 2.45) is 23.7 Å². The maximum Gasteiger partial charge on any atom is 0.407 e. The fraction of sp³-hybridized carbons (Fsp3) is 0.952. The number of alkyl carbamates (subject to hydrolysis) is 1. The first kappa shape index (κ1) is 25.5. The van der Waals surface area contributed by atoms with E-state index in [4.69, 9.17) is 4.74 Å². The Labute approximate surface area is 152 Å². The van der Waals surface area contributed by atoms with E-state index in [1.807, 2.05) is 0 Å². The van der Waals surface area contributed by atoms with Crippen molar-refractivity contribution >= 4 is 6.09 Å². The monoisotopic (exact) mass is 343 g/mol. The average Bonchev–Trinajstić information content (AvgIpc) is 2.45. The Hall–Kier alpha value is -0.730. The van der Waals surface area contributed by atoms with E-state index in [0.29, 0.717) is 24.4 Å². The summed E-state index contributed by atoms with van der Waals surface area (Å²) < 4.78 is 5.39. The largest absolute Gasteiger partial charge is 0.449 e. The zero-order chi connectivity index (χ0) is 17.7. The minimum absolute atomic E-state index is 0. The number of hydrogen-bond acceptors (Lipinski definition) is 2. The normalized spacial score (nSPS) is 12.4. The van der Waals surface area contributed by atoms with Crippen LogP contribution in [0.2, 0.25) is 0 Å². The molecule has 0 heterocycles. The molecule has 0 aliphatic rings. The molecule has 0 saturated heterocycles. The van der Waals surface area contributed by atoms with E-state index in [1.54, 1.807) is 0 Å². The van der Waals surface area contributed by atoms with E-state index >= 15 is 0 Å². The topological polar surface area (TPSA) is 38.3 Å². The Kier molecular flexibility index (Phi) is 16.8. The zero-order valence-electron chi connectivity index (χ0n) is 16.5. The molecule has 0 aromatic heterocycles. The number of carbonyl (C=O) groups is 1. The summed E-state index contributed by atoms with van der Waals surface area (Å²) in [7, 11) is 0. The molecule has 0 aliphatic carbocycles. The molecule has 3 nitrogen and oxygen atoms in total. The summed E-state index contributed by atoms with van der Waals surface area (Å²) in [6, 6.07) is 0. The van der Waals surface area contributed by atoms with Gasteiger partial charge in [0.05, 0.1) is 6.61 Å². The molecule has 146 valence electrons. The minimum Gasteiger partial charge on any atom is -0.449 e. The number of amides is 1. The summed E-state index contributed by atoms with van der Waals surface area (Å²) in [5.41, 5.74) is 0. The van der Waals surface area contributed by atoms with Gasteiger partial charge in [0.15, 0.2) is 0 Å². The first-order chi connectivity index (χ1) is 10.8. The number of unbranched alkanes of at least 4 members (excludes halogenated alkanes) is 4. The smallest absolute Gasteiger partial charge is 0.407 e. The van der Waals surface area contributed by atoms with Gasteiger partial charge in [0, 0.05) is 6.54 Å². The Balaban J connectivity index is 0. The van der Waals surface area contributed by atoms with Gasteiger partial charge in [-0.1, -0.05) is 81.1 Å². The van der Waals surface area contributed by atoms with Crippen LogP contribution in [-0.4, -0.2) is 19.2 Å². The van der Waals surface area contributed by atoms with Gasteiger partial charge in [-0.25, -0.2) is 4.79 Å². The Morgan fingerprint density at radius 2 is 1.46 bits per heavy atom. The van der Waals surface area contributed by atoms with Crippen molar-refractivity contribution in [2.45, 2.75) is 93.9 Å². The molecule has 0 spiro atoms. The molecule has 1 atom stereocenters. The van der Waals surface area contributed by atoms with Crippen molar-refractivity contribution in [1.29, 1.82) is 0 Å². The van der Waals surface area contributed by atoms with Gasteiger partial charge in [0.2, 0.25) is 0 Å².